The third-order valence-corrected chi connectivity index (χ3v) is 3.70. The van der Waals surface area contributed by atoms with Gasteiger partial charge in [0.25, 0.3) is 0 Å². The molecule has 1 saturated heterocycles. The van der Waals surface area contributed by atoms with E-state index in [1.165, 1.54) is 0 Å². The van der Waals surface area contributed by atoms with Crippen molar-refractivity contribution in [1.29, 1.82) is 0 Å². The van der Waals surface area contributed by atoms with Gasteiger partial charge in [-0.15, -0.1) is 0 Å². The molecule has 0 radical (unpaired) electrons. The molecule has 1 aliphatic heterocycles. The molecule has 1 atom stereocenters. The molecule has 0 saturated carbocycles. The van der Waals surface area contributed by atoms with Crippen LogP contribution in [-0.4, -0.2) is 39.5 Å². The number of carboxylic acid groups (broad SMARTS) is 1. The van der Waals surface area contributed by atoms with Crippen LogP contribution in [0, 0.1) is 0 Å². The quantitative estimate of drug-likeness (QED) is 0.891. The monoisotopic (exact) mass is 276 g/mol. The lowest BCUT2D eigenvalue weighted by Crippen LogP contribution is -2.44. The lowest BCUT2D eigenvalue weighted by Gasteiger charge is -2.35. The van der Waals surface area contributed by atoms with Gasteiger partial charge in [-0.05, 0) is 37.8 Å². The SMILES string of the molecule is O=C(O)CCC1CCCCN1C(=O)Cc1ccccn1. The van der Waals surface area contributed by atoms with Gasteiger partial charge in [0.05, 0.1) is 6.42 Å². The first-order chi connectivity index (χ1) is 9.66. The van der Waals surface area contributed by atoms with Crippen molar-refractivity contribution in [3.05, 3.63) is 30.1 Å². The Hall–Kier alpha value is -1.91. The van der Waals surface area contributed by atoms with Gasteiger partial charge in [-0.3, -0.25) is 14.6 Å². The summed E-state index contributed by atoms with van der Waals surface area (Å²) < 4.78 is 0. The van der Waals surface area contributed by atoms with E-state index in [9.17, 15) is 9.59 Å². The predicted octanol–water partition coefficient (Wildman–Crippen LogP) is 1.87. The number of hydrogen-bond acceptors (Lipinski definition) is 3. The first-order valence-electron chi connectivity index (χ1n) is 7.08. The summed E-state index contributed by atoms with van der Waals surface area (Å²) in [6.45, 7) is 0.732. The van der Waals surface area contributed by atoms with Crippen molar-refractivity contribution in [2.24, 2.45) is 0 Å². The van der Waals surface area contributed by atoms with Crippen molar-refractivity contribution < 1.29 is 14.7 Å². The third-order valence-electron chi connectivity index (χ3n) is 3.70. The Morgan fingerprint density at radius 3 is 2.90 bits per heavy atom. The molecule has 1 aromatic heterocycles. The number of aromatic nitrogens is 1. The second-order valence-electron chi connectivity index (χ2n) is 5.17. The van der Waals surface area contributed by atoms with E-state index >= 15 is 0 Å². The van der Waals surface area contributed by atoms with Crippen molar-refractivity contribution in [2.75, 3.05) is 6.54 Å². The minimum Gasteiger partial charge on any atom is -0.481 e. The molecule has 1 N–H and O–H groups in total. The highest BCUT2D eigenvalue weighted by Crippen LogP contribution is 2.21. The Bertz CT molecular complexity index is 461. The lowest BCUT2D eigenvalue weighted by molar-refractivity contribution is -0.139. The number of amides is 1. The summed E-state index contributed by atoms with van der Waals surface area (Å²) in [5.41, 5.74) is 0.764. The van der Waals surface area contributed by atoms with Gasteiger partial charge in [0.15, 0.2) is 0 Å². The molecular formula is C15H20N2O3. The molecule has 1 amide bonds. The average molecular weight is 276 g/mol. The smallest absolute Gasteiger partial charge is 0.303 e. The van der Waals surface area contributed by atoms with E-state index in [-0.39, 0.29) is 18.4 Å². The van der Waals surface area contributed by atoms with Crippen LogP contribution in [0.1, 0.15) is 37.8 Å². The van der Waals surface area contributed by atoms with Gasteiger partial charge in [-0.2, -0.15) is 0 Å². The maximum Gasteiger partial charge on any atom is 0.303 e. The van der Waals surface area contributed by atoms with Gasteiger partial charge in [0.2, 0.25) is 5.91 Å². The first kappa shape index (κ1) is 14.5. The normalized spacial score (nSPS) is 18.8. The number of piperidine rings is 1. The van der Waals surface area contributed by atoms with Crippen LogP contribution in [0.4, 0.5) is 0 Å². The highest BCUT2D eigenvalue weighted by molar-refractivity contribution is 5.78. The third kappa shape index (κ3) is 4.05. The lowest BCUT2D eigenvalue weighted by atomic mass is 9.97. The van der Waals surface area contributed by atoms with Crippen LogP contribution in [0.5, 0.6) is 0 Å². The molecule has 0 bridgehead atoms. The maximum atomic E-state index is 12.4. The standard InChI is InChI=1S/C15H20N2O3/c18-14(11-12-5-1-3-9-16-12)17-10-4-2-6-13(17)7-8-15(19)20/h1,3,5,9,13H,2,4,6-8,10-11H2,(H,19,20). The maximum absolute atomic E-state index is 12.4. The summed E-state index contributed by atoms with van der Waals surface area (Å²) in [6.07, 6.45) is 5.61. The minimum atomic E-state index is -0.798. The second-order valence-corrected chi connectivity index (χ2v) is 5.17. The highest BCUT2D eigenvalue weighted by atomic mass is 16.4. The van der Waals surface area contributed by atoms with Crippen LogP contribution in [0.15, 0.2) is 24.4 Å². The number of carbonyl (C=O) groups is 2. The molecule has 1 unspecified atom stereocenters. The number of carboxylic acids is 1. The van der Waals surface area contributed by atoms with E-state index in [2.05, 4.69) is 4.98 Å². The van der Waals surface area contributed by atoms with Gasteiger partial charge >= 0.3 is 5.97 Å². The fraction of sp³-hybridized carbons (Fsp3) is 0.533. The molecule has 0 aliphatic carbocycles. The zero-order valence-corrected chi connectivity index (χ0v) is 11.5. The highest BCUT2D eigenvalue weighted by Gasteiger charge is 2.27. The van der Waals surface area contributed by atoms with Gasteiger partial charge in [0, 0.05) is 30.9 Å². The summed E-state index contributed by atoms with van der Waals surface area (Å²) in [7, 11) is 0. The van der Waals surface area contributed by atoms with Crippen molar-refractivity contribution >= 4 is 11.9 Å². The summed E-state index contributed by atoms with van der Waals surface area (Å²) >= 11 is 0. The summed E-state index contributed by atoms with van der Waals surface area (Å²) in [5.74, 6) is -0.744. The van der Waals surface area contributed by atoms with Crippen molar-refractivity contribution in [2.45, 2.75) is 44.6 Å². The van der Waals surface area contributed by atoms with Gasteiger partial charge in [0.1, 0.15) is 0 Å². The molecule has 2 heterocycles. The molecule has 5 heteroatoms. The number of likely N-dealkylation sites (tertiary alicyclic amines) is 1. The van der Waals surface area contributed by atoms with Crippen LogP contribution in [0.25, 0.3) is 0 Å². The Labute approximate surface area is 118 Å². The van der Waals surface area contributed by atoms with Crippen LogP contribution >= 0.6 is 0 Å². The topological polar surface area (TPSA) is 70.5 Å². The first-order valence-corrected chi connectivity index (χ1v) is 7.08. The van der Waals surface area contributed by atoms with Gasteiger partial charge < -0.3 is 10.0 Å². The van der Waals surface area contributed by atoms with Crippen LogP contribution in [-0.2, 0) is 16.0 Å². The summed E-state index contributed by atoms with van der Waals surface area (Å²) in [6, 6.07) is 5.60. The fourth-order valence-electron chi connectivity index (χ4n) is 2.68. The van der Waals surface area contributed by atoms with Crippen molar-refractivity contribution in [3.63, 3.8) is 0 Å². The molecule has 5 nitrogen and oxygen atoms in total. The summed E-state index contributed by atoms with van der Waals surface area (Å²) in [5, 5.41) is 8.79. The zero-order valence-electron chi connectivity index (χ0n) is 11.5. The minimum absolute atomic E-state index is 0.0544. The van der Waals surface area contributed by atoms with E-state index < -0.39 is 5.97 Å². The number of aliphatic carboxylic acids is 1. The second kappa shape index (κ2) is 7.03. The number of carbonyl (C=O) groups excluding carboxylic acids is 1. The molecular weight excluding hydrogens is 256 g/mol. The van der Waals surface area contributed by atoms with E-state index in [0.29, 0.717) is 12.8 Å². The summed E-state index contributed by atoms with van der Waals surface area (Å²) in [4.78, 5) is 29.1. The van der Waals surface area contributed by atoms with Crippen molar-refractivity contribution in [3.8, 4) is 0 Å². The van der Waals surface area contributed by atoms with Gasteiger partial charge in [-0.1, -0.05) is 6.07 Å². The number of hydrogen-bond donors (Lipinski definition) is 1. The largest absolute Gasteiger partial charge is 0.481 e. The molecule has 2 rings (SSSR count). The van der Waals surface area contributed by atoms with E-state index in [0.717, 1.165) is 31.5 Å². The molecule has 0 aromatic carbocycles. The average Bonchev–Trinajstić information content (AvgIpc) is 2.46. The Morgan fingerprint density at radius 1 is 1.35 bits per heavy atom. The Morgan fingerprint density at radius 2 is 2.20 bits per heavy atom. The van der Waals surface area contributed by atoms with Crippen LogP contribution < -0.4 is 0 Å². The fourth-order valence-corrected chi connectivity index (χ4v) is 2.68. The van der Waals surface area contributed by atoms with Crippen LogP contribution in [0.2, 0.25) is 0 Å². The molecule has 1 aromatic rings. The molecule has 0 spiro atoms. The zero-order chi connectivity index (χ0) is 14.4. The molecule has 1 fully saturated rings. The predicted molar refractivity (Wildman–Crippen MR) is 74.2 cm³/mol. The Kier molecular flexibility index (Phi) is 5.09. The van der Waals surface area contributed by atoms with Crippen LogP contribution in [0.3, 0.4) is 0 Å². The number of rotatable bonds is 5. The molecule has 20 heavy (non-hydrogen) atoms. The van der Waals surface area contributed by atoms with Crippen molar-refractivity contribution in [1.82, 2.24) is 9.88 Å². The number of nitrogens with zero attached hydrogens (tertiary/aromatic N) is 2. The molecule has 1 aliphatic rings. The molecule has 108 valence electrons. The Balaban J connectivity index is 1.96. The number of pyridine rings is 1. The van der Waals surface area contributed by atoms with E-state index in [1.807, 2.05) is 23.1 Å². The van der Waals surface area contributed by atoms with E-state index in [1.54, 1.807) is 6.20 Å². The van der Waals surface area contributed by atoms with Gasteiger partial charge in [-0.25, -0.2) is 0 Å². The van der Waals surface area contributed by atoms with E-state index in [4.69, 9.17) is 5.11 Å².